The lowest BCUT2D eigenvalue weighted by atomic mass is 9.94. The molecule has 0 atom stereocenters. The van der Waals surface area contributed by atoms with Crippen molar-refractivity contribution in [2.24, 2.45) is 0 Å². The highest BCUT2D eigenvalue weighted by Gasteiger charge is 2.25. The van der Waals surface area contributed by atoms with Gasteiger partial charge in [0.05, 0.1) is 5.69 Å². The highest BCUT2D eigenvalue weighted by atomic mass is 16.2. The standard InChI is InChI=1S/C20H27N3O/c1-4-23(18-8-6-5-7-9-18)20(24)22-13-19(21-14-22)17-11-10-15(2)16(3)12-17/h10-14,18H,4-9H2,1-3H3. The van der Waals surface area contributed by atoms with Crippen LogP contribution in [-0.4, -0.2) is 33.1 Å². The summed E-state index contributed by atoms with van der Waals surface area (Å²) in [6.07, 6.45) is 9.51. The van der Waals surface area contributed by atoms with Crippen molar-refractivity contribution in [3.05, 3.63) is 41.9 Å². The van der Waals surface area contributed by atoms with Gasteiger partial charge in [0.2, 0.25) is 0 Å². The van der Waals surface area contributed by atoms with Gasteiger partial charge in [0, 0.05) is 24.3 Å². The highest BCUT2D eigenvalue weighted by molar-refractivity contribution is 5.78. The van der Waals surface area contributed by atoms with Crippen molar-refractivity contribution >= 4 is 6.03 Å². The molecule has 0 radical (unpaired) electrons. The number of carbonyl (C=O) groups excluding carboxylic acids is 1. The molecule has 4 nitrogen and oxygen atoms in total. The Morgan fingerprint density at radius 2 is 1.96 bits per heavy atom. The van der Waals surface area contributed by atoms with E-state index >= 15 is 0 Å². The van der Waals surface area contributed by atoms with Crippen LogP contribution >= 0.6 is 0 Å². The maximum Gasteiger partial charge on any atom is 0.329 e. The molecular formula is C20H27N3O. The monoisotopic (exact) mass is 325 g/mol. The second-order valence-corrected chi connectivity index (χ2v) is 6.83. The number of imidazole rings is 1. The number of nitrogens with zero attached hydrogens (tertiary/aromatic N) is 3. The van der Waals surface area contributed by atoms with Crippen LogP contribution in [0.2, 0.25) is 0 Å². The van der Waals surface area contributed by atoms with Crippen molar-refractivity contribution in [1.29, 1.82) is 0 Å². The molecule has 1 aliphatic carbocycles. The summed E-state index contributed by atoms with van der Waals surface area (Å²) in [6, 6.07) is 6.73. The average molecular weight is 325 g/mol. The van der Waals surface area contributed by atoms with Gasteiger partial charge in [-0.05, 0) is 50.8 Å². The lowest BCUT2D eigenvalue weighted by molar-refractivity contribution is 0.161. The number of hydrogen-bond donors (Lipinski definition) is 0. The number of hydrogen-bond acceptors (Lipinski definition) is 2. The quantitative estimate of drug-likeness (QED) is 0.814. The molecule has 1 aromatic heterocycles. The summed E-state index contributed by atoms with van der Waals surface area (Å²) in [5, 5.41) is 0. The van der Waals surface area contributed by atoms with E-state index in [2.05, 4.69) is 44.0 Å². The van der Waals surface area contributed by atoms with Crippen molar-refractivity contribution in [3.8, 4) is 11.3 Å². The molecule has 0 N–H and O–H groups in total. The molecule has 0 unspecified atom stereocenters. The maximum atomic E-state index is 12.9. The van der Waals surface area contributed by atoms with Crippen LogP contribution in [0.1, 0.15) is 50.2 Å². The van der Waals surface area contributed by atoms with Crippen molar-refractivity contribution in [1.82, 2.24) is 14.5 Å². The van der Waals surface area contributed by atoms with E-state index in [9.17, 15) is 4.79 Å². The normalized spacial score (nSPS) is 15.5. The number of amides is 1. The van der Waals surface area contributed by atoms with Crippen LogP contribution in [0.15, 0.2) is 30.7 Å². The fourth-order valence-electron chi connectivity index (χ4n) is 3.57. The zero-order valence-electron chi connectivity index (χ0n) is 15.0. The molecule has 2 aromatic rings. The van der Waals surface area contributed by atoms with Crippen molar-refractivity contribution in [2.45, 2.75) is 58.9 Å². The fourth-order valence-corrected chi connectivity index (χ4v) is 3.57. The number of aromatic nitrogens is 2. The molecule has 1 amide bonds. The van der Waals surface area contributed by atoms with Crippen LogP contribution in [0.5, 0.6) is 0 Å². The number of benzene rings is 1. The zero-order valence-corrected chi connectivity index (χ0v) is 15.0. The molecule has 1 aromatic carbocycles. The second-order valence-electron chi connectivity index (χ2n) is 6.83. The average Bonchev–Trinajstić information content (AvgIpc) is 3.09. The Hall–Kier alpha value is -2.10. The summed E-state index contributed by atoms with van der Waals surface area (Å²) in [7, 11) is 0. The molecule has 1 fully saturated rings. The Morgan fingerprint density at radius 1 is 1.21 bits per heavy atom. The Morgan fingerprint density at radius 3 is 2.62 bits per heavy atom. The van der Waals surface area contributed by atoms with E-state index in [-0.39, 0.29) is 6.03 Å². The first-order valence-corrected chi connectivity index (χ1v) is 9.02. The lowest BCUT2D eigenvalue weighted by Gasteiger charge is -2.33. The predicted molar refractivity (Wildman–Crippen MR) is 97.2 cm³/mol. The molecule has 24 heavy (non-hydrogen) atoms. The molecule has 0 bridgehead atoms. The zero-order chi connectivity index (χ0) is 17.1. The molecule has 4 heteroatoms. The van der Waals surface area contributed by atoms with Crippen molar-refractivity contribution < 1.29 is 4.79 Å². The largest absolute Gasteiger partial charge is 0.329 e. The Labute approximate surface area is 144 Å². The van der Waals surface area contributed by atoms with Gasteiger partial charge in [0.15, 0.2) is 0 Å². The minimum Gasteiger partial charge on any atom is -0.321 e. The van der Waals surface area contributed by atoms with Crippen LogP contribution < -0.4 is 0 Å². The molecule has 128 valence electrons. The molecule has 1 aliphatic rings. The van der Waals surface area contributed by atoms with Crippen LogP contribution in [0.25, 0.3) is 11.3 Å². The van der Waals surface area contributed by atoms with Crippen molar-refractivity contribution in [2.75, 3.05) is 6.54 Å². The smallest absolute Gasteiger partial charge is 0.321 e. The fraction of sp³-hybridized carbons (Fsp3) is 0.500. The first-order valence-electron chi connectivity index (χ1n) is 9.02. The predicted octanol–water partition coefficient (Wildman–Crippen LogP) is 4.79. The van der Waals surface area contributed by atoms with Gasteiger partial charge in [-0.2, -0.15) is 0 Å². The van der Waals surface area contributed by atoms with Crippen LogP contribution in [-0.2, 0) is 0 Å². The maximum absolute atomic E-state index is 12.9. The second kappa shape index (κ2) is 7.20. The molecule has 0 saturated heterocycles. The molecule has 0 aliphatic heterocycles. The molecule has 1 heterocycles. The van der Waals surface area contributed by atoms with Crippen LogP contribution in [0.4, 0.5) is 4.79 Å². The van der Waals surface area contributed by atoms with Gasteiger partial charge in [-0.1, -0.05) is 31.4 Å². The molecular weight excluding hydrogens is 298 g/mol. The van der Waals surface area contributed by atoms with Crippen LogP contribution in [0.3, 0.4) is 0 Å². The summed E-state index contributed by atoms with van der Waals surface area (Å²) in [4.78, 5) is 19.4. The Balaban J connectivity index is 1.80. The lowest BCUT2D eigenvalue weighted by Crippen LogP contribution is -2.43. The minimum atomic E-state index is 0.0481. The van der Waals surface area contributed by atoms with Crippen molar-refractivity contribution in [3.63, 3.8) is 0 Å². The highest BCUT2D eigenvalue weighted by Crippen LogP contribution is 2.24. The Kier molecular flexibility index (Phi) is 5.03. The third-order valence-corrected chi connectivity index (χ3v) is 5.21. The van der Waals surface area contributed by atoms with Gasteiger partial charge in [-0.15, -0.1) is 0 Å². The van der Waals surface area contributed by atoms with E-state index in [0.29, 0.717) is 6.04 Å². The third-order valence-electron chi connectivity index (χ3n) is 5.21. The van der Waals surface area contributed by atoms with Gasteiger partial charge in [0.25, 0.3) is 0 Å². The summed E-state index contributed by atoms with van der Waals surface area (Å²) < 4.78 is 1.64. The number of aryl methyl sites for hydroxylation is 2. The summed E-state index contributed by atoms with van der Waals surface area (Å²) >= 11 is 0. The first-order chi connectivity index (χ1) is 11.6. The third kappa shape index (κ3) is 3.37. The van der Waals surface area contributed by atoms with E-state index < -0.39 is 0 Å². The van der Waals surface area contributed by atoms with E-state index in [0.717, 1.165) is 30.6 Å². The number of carbonyl (C=O) groups is 1. The topological polar surface area (TPSA) is 38.1 Å². The van der Waals surface area contributed by atoms with Gasteiger partial charge in [0.1, 0.15) is 6.33 Å². The minimum absolute atomic E-state index is 0.0481. The van der Waals surface area contributed by atoms with Gasteiger partial charge in [-0.3, -0.25) is 4.57 Å². The van der Waals surface area contributed by atoms with E-state index in [4.69, 9.17) is 0 Å². The summed E-state index contributed by atoms with van der Waals surface area (Å²) in [6.45, 7) is 7.02. The molecule has 0 spiro atoms. The molecule has 3 rings (SSSR count). The Bertz CT molecular complexity index is 713. The van der Waals surface area contributed by atoms with E-state index in [1.54, 1.807) is 10.9 Å². The molecule has 1 saturated carbocycles. The van der Waals surface area contributed by atoms with E-state index in [1.807, 2.05) is 11.1 Å². The van der Waals surface area contributed by atoms with Gasteiger partial charge in [-0.25, -0.2) is 9.78 Å². The SMILES string of the molecule is CCN(C(=O)n1cnc(-c2ccc(C)c(C)c2)c1)C1CCCCC1. The summed E-state index contributed by atoms with van der Waals surface area (Å²) in [5.74, 6) is 0. The summed E-state index contributed by atoms with van der Waals surface area (Å²) in [5.41, 5.74) is 4.42. The van der Waals surface area contributed by atoms with Gasteiger partial charge >= 0.3 is 6.03 Å². The van der Waals surface area contributed by atoms with E-state index in [1.165, 1.54) is 30.4 Å². The van der Waals surface area contributed by atoms with Crippen LogP contribution in [0, 0.1) is 13.8 Å². The van der Waals surface area contributed by atoms with Gasteiger partial charge < -0.3 is 4.90 Å². The number of rotatable bonds is 3. The first kappa shape index (κ1) is 16.7.